The van der Waals surface area contributed by atoms with Crippen molar-refractivity contribution in [3.05, 3.63) is 11.6 Å². The van der Waals surface area contributed by atoms with E-state index in [1.54, 1.807) is 0 Å². The van der Waals surface area contributed by atoms with Crippen LogP contribution in [0.4, 0.5) is 0 Å². The summed E-state index contributed by atoms with van der Waals surface area (Å²) in [6, 6.07) is 0. The fourth-order valence-electron chi connectivity index (χ4n) is 15.4. The molecule has 4 saturated heterocycles. The van der Waals surface area contributed by atoms with E-state index >= 15 is 0 Å². The van der Waals surface area contributed by atoms with Crippen LogP contribution in [0, 0.1) is 50.7 Å². The van der Waals surface area contributed by atoms with Crippen LogP contribution < -0.4 is 0 Å². The molecule has 7 fully saturated rings. The van der Waals surface area contributed by atoms with Crippen molar-refractivity contribution < 1.29 is 109 Å². The number of allylic oxidation sites excluding steroid dienone is 1. The summed E-state index contributed by atoms with van der Waals surface area (Å²) in [6.45, 7) is 17.7. The number of ether oxygens (including phenoxy) is 8. The molecule has 0 spiro atoms. The normalized spacial score (nSPS) is 51.5. The van der Waals surface area contributed by atoms with Gasteiger partial charge in [-0.1, -0.05) is 74.0 Å². The minimum atomic E-state index is -1.70. The van der Waals surface area contributed by atoms with E-state index in [1.165, 1.54) is 0 Å². The molecule has 8 rings (SSSR count). The van der Waals surface area contributed by atoms with Crippen LogP contribution in [0.15, 0.2) is 11.6 Å². The van der Waals surface area contributed by atoms with Gasteiger partial charge in [-0.25, -0.2) is 0 Å². The van der Waals surface area contributed by atoms with Crippen molar-refractivity contribution in [2.45, 2.75) is 249 Å². The Morgan fingerprint density at radius 2 is 1.16 bits per heavy atom. The van der Waals surface area contributed by atoms with Crippen molar-refractivity contribution in [3.8, 4) is 0 Å². The average Bonchev–Trinajstić information content (AvgIpc) is 3.65. The number of fused-ring (bicyclic) bond motifs is 5. The maximum atomic E-state index is 12.7. The maximum absolute atomic E-state index is 12.7. The summed E-state index contributed by atoms with van der Waals surface area (Å²) in [5.74, 6) is 0.629. The zero-order chi connectivity index (χ0) is 55.9. The van der Waals surface area contributed by atoms with Gasteiger partial charge in [-0.3, -0.25) is 0 Å². The predicted octanol–water partition coefficient (Wildman–Crippen LogP) is -1.32. The molecule has 22 nitrogen and oxygen atoms in total. The van der Waals surface area contributed by atoms with Crippen LogP contribution in [0.25, 0.3) is 0 Å². The van der Waals surface area contributed by atoms with E-state index in [2.05, 4.69) is 47.6 Å². The maximum Gasteiger partial charge on any atom is 0.187 e. The molecule has 20 unspecified atom stereocenters. The highest BCUT2D eigenvalue weighted by molar-refractivity contribution is 5.32. The lowest BCUT2D eigenvalue weighted by Gasteiger charge is -2.67. The Morgan fingerprint density at radius 1 is 0.618 bits per heavy atom. The number of hydrogen-bond donors (Lipinski definition) is 14. The second-order valence-electron chi connectivity index (χ2n) is 26.2. The van der Waals surface area contributed by atoms with Gasteiger partial charge in [-0.05, 0) is 91.3 Å². The third kappa shape index (κ3) is 10.8. The van der Waals surface area contributed by atoms with Crippen molar-refractivity contribution in [2.75, 3.05) is 26.4 Å². The van der Waals surface area contributed by atoms with Crippen LogP contribution in [-0.4, -0.2) is 233 Å². The molecule has 3 saturated carbocycles. The molecule has 0 aromatic carbocycles. The number of hydrogen-bond acceptors (Lipinski definition) is 22. The highest BCUT2D eigenvalue weighted by Crippen LogP contribution is 2.75. The lowest BCUT2D eigenvalue weighted by atomic mass is 9.38. The van der Waals surface area contributed by atoms with E-state index in [0.29, 0.717) is 25.7 Å². The van der Waals surface area contributed by atoms with E-state index in [-0.39, 0.29) is 47.7 Å². The highest BCUT2D eigenvalue weighted by Gasteiger charge is 2.70. The smallest absolute Gasteiger partial charge is 0.187 e. The minimum Gasteiger partial charge on any atom is -0.394 e. The number of rotatable bonds is 15. The first-order valence-corrected chi connectivity index (χ1v) is 27.7. The standard InChI is InChI=1S/C54H92O22/c1-23(10-14-33(50(2,3)4)75-48-44(67)40(63)37(60)29(73-48)21-70-46-42(65)35(58)27(56)20-69-46)24-16-17-52(7)31-13-11-25-26(54(31,9)32(57)18-53(24,52)8)12-15-34(51(25,5)6)76-49-45(68)41(64)38(61)30(74-49)22-71-47-43(66)39(62)36(59)28(19-55)72-47/h11,23-24,26-49,55-68H,10,12-22H2,1-9H3/t23-,24-,26-,27?,28?,29?,30?,31+,32-,33?,34+,35?,36?,37?,38?,39?,40?,41?,42?,43?,44?,45?,46?,47?,48?,49?,52+,53-,54+/m1/s1. The van der Waals surface area contributed by atoms with Crippen LogP contribution in [0.2, 0.25) is 0 Å². The van der Waals surface area contributed by atoms with Gasteiger partial charge in [0.1, 0.15) is 91.6 Å². The molecule has 0 aromatic rings. The molecule has 0 aromatic heterocycles. The third-order valence-electron chi connectivity index (χ3n) is 20.5. The summed E-state index contributed by atoms with van der Waals surface area (Å²) in [7, 11) is 0. The van der Waals surface area contributed by atoms with Gasteiger partial charge < -0.3 is 109 Å². The van der Waals surface area contributed by atoms with Gasteiger partial charge >= 0.3 is 0 Å². The topological polar surface area (TPSA) is 357 Å². The fraction of sp³-hybridized carbons (Fsp3) is 0.963. The Morgan fingerprint density at radius 3 is 1.76 bits per heavy atom. The van der Waals surface area contributed by atoms with Crippen molar-refractivity contribution >= 4 is 0 Å². The second-order valence-corrected chi connectivity index (χ2v) is 26.2. The molecule has 22 heteroatoms. The van der Waals surface area contributed by atoms with Crippen molar-refractivity contribution in [1.82, 2.24) is 0 Å². The number of aliphatic hydroxyl groups excluding tert-OH is 14. The quantitative estimate of drug-likeness (QED) is 0.0846. The molecule has 0 radical (unpaired) electrons. The summed E-state index contributed by atoms with van der Waals surface area (Å²) in [4.78, 5) is 0. The fourth-order valence-corrected chi connectivity index (χ4v) is 15.4. The molecule has 0 amide bonds. The van der Waals surface area contributed by atoms with Gasteiger partial charge in [0.05, 0.1) is 44.7 Å². The monoisotopic (exact) mass is 1090 g/mol. The summed E-state index contributed by atoms with van der Waals surface area (Å²) < 4.78 is 47.2. The largest absolute Gasteiger partial charge is 0.394 e. The lowest BCUT2D eigenvalue weighted by molar-refractivity contribution is -0.340. The Balaban J connectivity index is 0.910. The number of aliphatic hydroxyl groups is 14. The first-order valence-electron chi connectivity index (χ1n) is 27.7. The van der Waals surface area contributed by atoms with Gasteiger partial charge in [0.2, 0.25) is 0 Å². The van der Waals surface area contributed by atoms with E-state index < -0.39 is 164 Å². The molecule has 76 heavy (non-hydrogen) atoms. The average molecular weight is 1090 g/mol. The molecule has 4 aliphatic carbocycles. The molecular weight excluding hydrogens is 1000 g/mol. The van der Waals surface area contributed by atoms with Crippen LogP contribution in [-0.2, 0) is 37.9 Å². The summed E-state index contributed by atoms with van der Waals surface area (Å²) >= 11 is 0. The molecule has 29 atom stereocenters. The van der Waals surface area contributed by atoms with E-state index in [9.17, 15) is 71.5 Å². The molecule has 14 N–H and O–H groups in total. The summed E-state index contributed by atoms with van der Waals surface area (Å²) in [5.41, 5.74) is -0.738. The molecular formula is C54H92O22. The molecule has 4 aliphatic heterocycles. The van der Waals surface area contributed by atoms with Gasteiger partial charge in [-0.2, -0.15) is 0 Å². The summed E-state index contributed by atoms with van der Waals surface area (Å²) in [5, 5.41) is 150. The molecule has 4 heterocycles. The summed E-state index contributed by atoms with van der Waals surface area (Å²) in [6.07, 6.45) is -21.8. The first kappa shape index (κ1) is 60.9. The molecule has 440 valence electrons. The van der Waals surface area contributed by atoms with Crippen molar-refractivity contribution in [1.29, 1.82) is 0 Å². The van der Waals surface area contributed by atoms with Gasteiger partial charge in [0.15, 0.2) is 25.2 Å². The van der Waals surface area contributed by atoms with Crippen LogP contribution in [0.1, 0.15) is 114 Å². The molecule has 0 bridgehead atoms. The Labute approximate surface area is 445 Å². The van der Waals surface area contributed by atoms with Crippen LogP contribution in [0.5, 0.6) is 0 Å². The van der Waals surface area contributed by atoms with Gasteiger partial charge in [-0.15, -0.1) is 0 Å². The third-order valence-corrected chi connectivity index (χ3v) is 20.5. The SMILES string of the molecule is C[C@H](CCC(OC1OC(COC2OCC(O)C(O)C2O)C(O)C(O)C1O)C(C)(C)C)[C@H]1CC[C@@]2(C)[C@@H]3CC=C4[C@@H](CC[C@H](OC5OC(COC6OC(CO)C(O)C(O)C6O)C(O)C(O)C5O)C4(C)C)[C@]3(C)[C@H](O)C[C@]12C. The highest BCUT2D eigenvalue weighted by atomic mass is 16.7. The lowest BCUT2D eigenvalue weighted by Crippen LogP contribution is -2.65. The van der Waals surface area contributed by atoms with Crippen LogP contribution >= 0.6 is 0 Å². The predicted molar refractivity (Wildman–Crippen MR) is 265 cm³/mol. The second kappa shape index (κ2) is 22.9. The Hall–Kier alpha value is -1.14. The Kier molecular flexibility index (Phi) is 18.4. The zero-order valence-corrected chi connectivity index (χ0v) is 45.6. The van der Waals surface area contributed by atoms with Crippen LogP contribution in [0.3, 0.4) is 0 Å². The van der Waals surface area contributed by atoms with Crippen molar-refractivity contribution in [2.24, 2.45) is 50.7 Å². The minimum absolute atomic E-state index is 0.0141. The van der Waals surface area contributed by atoms with E-state index in [4.69, 9.17) is 37.9 Å². The Bertz CT molecular complexity index is 1970. The molecule has 8 aliphatic rings. The van der Waals surface area contributed by atoms with Gasteiger partial charge in [0, 0.05) is 10.8 Å². The van der Waals surface area contributed by atoms with Crippen molar-refractivity contribution in [3.63, 3.8) is 0 Å². The zero-order valence-electron chi connectivity index (χ0n) is 45.6. The van der Waals surface area contributed by atoms with Gasteiger partial charge in [0.25, 0.3) is 0 Å². The van der Waals surface area contributed by atoms with E-state index in [0.717, 1.165) is 31.3 Å². The van der Waals surface area contributed by atoms with E-state index in [1.807, 2.05) is 20.8 Å². The first-order chi connectivity index (χ1) is 35.4.